The second-order valence-electron chi connectivity index (χ2n) is 4.43. The first kappa shape index (κ1) is 12.7. The van der Waals surface area contributed by atoms with Crippen molar-refractivity contribution in [3.8, 4) is 11.5 Å². The first-order valence-electron chi connectivity index (χ1n) is 6.32. The number of hydrogen-bond donors (Lipinski definition) is 1. The second kappa shape index (κ2) is 5.38. The van der Waals surface area contributed by atoms with E-state index < -0.39 is 11.8 Å². The number of carbonyl (C=O) groups excluding carboxylic acids is 2. The first-order chi connectivity index (χ1) is 9.74. The van der Waals surface area contributed by atoms with E-state index in [1.54, 1.807) is 18.2 Å². The minimum atomic E-state index is -0.661. The Balaban J connectivity index is 1.64. The van der Waals surface area contributed by atoms with E-state index in [-0.39, 0.29) is 6.79 Å². The van der Waals surface area contributed by atoms with Gasteiger partial charge in [0.05, 0.1) is 13.2 Å². The second-order valence-corrected chi connectivity index (χ2v) is 4.43. The van der Waals surface area contributed by atoms with Crippen molar-refractivity contribution in [1.29, 1.82) is 0 Å². The molecule has 7 nitrogen and oxygen atoms in total. The van der Waals surface area contributed by atoms with E-state index in [0.29, 0.717) is 43.5 Å². The molecule has 1 fully saturated rings. The Hall–Kier alpha value is -2.28. The standard InChI is InChI=1S/C13H14N2O5/c16-12(13(17)15-3-5-18-6-4-15)14-9-1-2-10-11(7-9)20-8-19-10/h1-2,7H,3-6,8H2,(H,14,16). The summed E-state index contributed by atoms with van der Waals surface area (Å²) in [6.07, 6.45) is 0. The van der Waals surface area contributed by atoms with E-state index in [1.807, 2.05) is 0 Å². The molecule has 2 amide bonds. The van der Waals surface area contributed by atoms with Crippen LogP contribution in [0, 0.1) is 0 Å². The van der Waals surface area contributed by atoms with Crippen LogP contribution < -0.4 is 14.8 Å². The Labute approximate surface area is 115 Å². The smallest absolute Gasteiger partial charge is 0.313 e. The van der Waals surface area contributed by atoms with Crippen LogP contribution in [0.25, 0.3) is 0 Å². The quantitative estimate of drug-likeness (QED) is 0.743. The molecule has 0 aromatic heterocycles. The van der Waals surface area contributed by atoms with Crippen LogP contribution in [0.1, 0.15) is 0 Å². The van der Waals surface area contributed by atoms with Crippen molar-refractivity contribution >= 4 is 17.5 Å². The number of rotatable bonds is 1. The number of nitrogens with one attached hydrogen (secondary N) is 1. The van der Waals surface area contributed by atoms with Crippen molar-refractivity contribution in [1.82, 2.24) is 4.90 Å². The third-order valence-electron chi connectivity index (χ3n) is 3.12. The zero-order valence-electron chi connectivity index (χ0n) is 10.8. The molecule has 0 saturated carbocycles. The van der Waals surface area contributed by atoms with Crippen LogP contribution in [0.3, 0.4) is 0 Å². The fraction of sp³-hybridized carbons (Fsp3) is 0.385. The highest BCUT2D eigenvalue weighted by atomic mass is 16.7. The summed E-state index contributed by atoms with van der Waals surface area (Å²) in [5, 5.41) is 2.56. The van der Waals surface area contributed by atoms with Crippen molar-refractivity contribution in [3.05, 3.63) is 18.2 Å². The van der Waals surface area contributed by atoms with Crippen LogP contribution in [0.5, 0.6) is 11.5 Å². The average molecular weight is 278 g/mol. The molecular formula is C13H14N2O5. The molecule has 0 aliphatic carbocycles. The van der Waals surface area contributed by atoms with Gasteiger partial charge in [0.1, 0.15) is 0 Å². The molecule has 0 spiro atoms. The Kier molecular flexibility index (Phi) is 3.42. The molecule has 0 unspecified atom stereocenters. The number of carbonyl (C=O) groups is 2. The monoisotopic (exact) mass is 278 g/mol. The molecular weight excluding hydrogens is 264 g/mol. The third-order valence-corrected chi connectivity index (χ3v) is 3.12. The maximum absolute atomic E-state index is 11.9. The Morgan fingerprint density at radius 2 is 1.85 bits per heavy atom. The Bertz CT molecular complexity index is 540. The topological polar surface area (TPSA) is 77.1 Å². The van der Waals surface area contributed by atoms with E-state index in [9.17, 15) is 9.59 Å². The van der Waals surface area contributed by atoms with Crippen LogP contribution in [-0.4, -0.2) is 49.8 Å². The van der Waals surface area contributed by atoms with Gasteiger partial charge in [-0.2, -0.15) is 0 Å². The lowest BCUT2D eigenvalue weighted by Crippen LogP contribution is -2.45. The summed E-state index contributed by atoms with van der Waals surface area (Å²) in [4.78, 5) is 25.3. The van der Waals surface area contributed by atoms with Crippen LogP contribution in [-0.2, 0) is 14.3 Å². The van der Waals surface area contributed by atoms with E-state index >= 15 is 0 Å². The van der Waals surface area contributed by atoms with Crippen LogP contribution in [0.2, 0.25) is 0 Å². The molecule has 1 aromatic rings. The molecule has 0 radical (unpaired) electrons. The molecule has 1 N–H and O–H groups in total. The zero-order chi connectivity index (χ0) is 13.9. The van der Waals surface area contributed by atoms with Gasteiger partial charge in [0.25, 0.3) is 0 Å². The summed E-state index contributed by atoms with van der Waals surface area (Å²) >= 11 is 0. The third kappa shape index (κ3) is 2.53. The van der Waals surface area contributed by atoms with Gasteiger partial charge in [0.15, 0.2) is 11.5 Å². The zero-order valence-corrected chi connectivity index (χ0v) is 10.8. The normalized spacial score (nSPS) is 16.9. The number of amides is 2. The predicted molar refractivity (Wildman–Crippen MR) is 68.6 cm³/mol. The van der Waals surface area contributed by atoms with E-state index in [0.717, 1.165) is 0 Å². The number of fused-ring (bicyclic) bond motifs is 1. The molecule has 2 aliphatic heterocycles. The fourth-order valence-corrected chi connectivity index (χ4v) is 2.07. The van der Waals surface area contributed by atoms with Gasteiger partial charge >= 0.3 is 11.8 Å². The van der Waals surface area contributed by atoms with Crippen molar-refractivity contribution in [3.63, 3.8) is 0 Å². The fourth-order valence-electron chi connectivity index (χ4n) is 2.07. The van der Waals surface area contributed by atoms with Gasteiger partial charge in [0.2, 0.25) is 6.79 Å². The van der Waals surface area contributed by atoms with Crippen LogP contribution in [0.15, 0.2) is 18.2 Å². The van der Waals surface area contributed by atoms with Gasteiger partial charge in [-0.05, 0) is 12.1 Å². The highest BCUT2D eigenvalue weighted by Crippen LogP contribution is 2.34. The lowest BCUT2D eigenvalue weighted by molar-refractivity contribution is -0.145. The van der Waals surface area contributed by atoms with Gasteiger partial charge < -0.3 is 24.4 Å². The highest BCUT2D eigenvalue weighted by molar-refractivity contribution is 6.39. The first-order valence-corrected chi connectivity index (χ1v) is 6.32. The number of nitrogens with zero attached hydrogens (tertiary/aromatic N) is 1. The Morgan fingerprint density at radius 1 is 1.10 bits per heavy atom. The number of benzene rings is 1. The molecule has 0 atom stereocenters. The molecule has 2 aliphatic rings. The Morgan fingerprint density at radius 3 is 2.65 bits per heavy atom. The molecule has 1 aromatic carbocycles. The maximum Gasteiger partial charge on any atom is 0.313 e. The van der Waals surface area contributed by atoms with Crippen molar-refractivity contribution in [2.45, 2.75) is 0 Å². The van der Waals surface area contributed by atoms with Gasteiger partial charge in [-0.3, -0.25) is 9.59 Å². The van der Waals surface area contributed by atoms with E-state index in [1.165, 1.54) is 4.90 Å². The highest BCUT2D eigenvalue weighted by Gasteiger charge is 2.24. The summed E-state index contributed by atoms with van der Waals surface area (Å²) in [5.41, 5.74) is 0.501. The molecule has 20 heavy (non-hydrogen) atoms. The molecule has 0 bridgehead atoms. The molecule has 7 heteroatoms. The number of anilines is 1. The summed E-state index contributed by atoms with van der Waals surface area (Å²) in [6.45, 7) is 1.96. The minimum absolute atomic E-state index is 0.166. The largest absolute Gasteiger partial charge is 0.454 e. The number of morpholine rings is 1. The lowest BCUT2D eigenvalue weighted by Gasteiger charge is -2.26. The number of hydrogen-bond acceptors (Lipinski definition) is 5. The van der Waals surface area contributed by atoms with Crippen LogP contribution >= 0.6 is 0 Å². The van der Waals surface area contributed by atoms with Gasteiger partial charge in [-0.15, -0.1) is 0 Å². The SMILES string of the molecule is O=C(Nc1ccc2c(c1)OCO2)C(=O)N1CCOCC1. The summed E-state index contributed by atoms with van der Waals surface area (Å²) < 4.78 is 15.5. The predicted octanol–water partition coefficient (Wildman–Crippen LogP) is 0.213. The van der Waals surface area contributed by atoms with Gasteiger partial charge in [-0.1, -0.05) is 0 Å². The van der Waals surface area contributed by atoms with Crippen molar-refractivity contribution in [2.24, 2.45) is 0 Å². The molecule has 2 heterocycles. The summed E-state index contributed by atoms with van der Waals surface area (Å²) in [7, 11) is 0. The van der Waals surface area contributed by atoms with Gasteiger partial charge in [-0.25, -0.2) is 0 Å². The maximum atomic E-state index is 11.9. The lowest BCUT2D eigenvalue weighted by atomic mass is 10.2. The average Bonchev–Trinajstić information content (AvgIpc) is 2.95. The van der Waals surface area contributed by atoms with Gasteiger partial charge in [0, 0.05) is 24.8 Å². The minimum Gasteiger partial charge on any atom is -0.454 e. The van der Waals surface area contributed by atoms with E-state index in [4.69, 9.17) is 14.2 Å². The molecule has 1 saturated heterocycles. The molecule has 106 valence electrons. The number of ether oxygens (including phenoxy) is 3. The van der Waals surface area contributed by atoms with Crippen molar-refractivity contribution in [2.75, 3.05) is 38.4 Å². The van der Waals surface area contributed by atoms with Crippen molar-refractivity contribution < 1.29 is 23.8 Å². The van der Waals surface area contributed by atoms with Crippen LogP contribution in [0.4, 0.5) is 5.69 Å². The molecule has 3 rings (SSSR count). The summed E-state index contributed by atoms with van der Waals surface area (Å²) in [6, 6.07) is 4.99. The van der Waals surface area contributed by atoms with E-state index in [2.05, 4.69) is 5.32 Å². The summed E-state index contributed by atoms with van der Waals surface area (Å²) in [5.74, 6) is -0.0270.